The summed E-state index contributed by atoms with van der Waals surface area (Å²) >= 11 is 0. The Kier molecular flexibility index (Phi) is 8.15. The number of benzene rings is 4. The molecule has 4 aromatic rings. The van der Waals surface area contributed by atoms with Crippen LogP contribution in [0, 0.1) is 11.8 Å². The van der Waals surface area contributed by atoms with Crippen molar-refractivity contribution in [3.8, 4) is 40.2 Å². The number of rotatable bonds is 10. The molecule has 5 N–H and O–H groups in total. The molecule has 8 heteroatoms. The Morgan fingerprint density at radius 3 is 2.07 bits per heavy atom. The number of aryl methyl sites for hydroxylation is 1. The summed E-state index contributed by atoms with van der Waals surface area (Å²) in [5.41, 5.74) is 2.45. The van der Waals surface area contributed by atoms with Crippen LogP contribution in [0.4, 0.5) is 0 Å². The molecule has 0 unspecified atom stereocenters. The number of Topliss-reactive ketones (excluding diaryl/α,β-unsaturated/α-hetero) is 1. The van der Waals surface area contributed by atoms with E-state index in [2.05, 4.69) is 6.92 Å². The van der Waals surface area contributed by atoms with Gasteiger partial charge in [0.15, 0.2) is 17.3 Å². The number of carbonyl (C=O) groups excluding carboxylic acids is 1. The summed E-state index contributed by atoms with van der Waals surface area (Å²) in [5, 5.41) is 52.9. The maximum absolute atomic E-state index is 13.4. The molecule has 218 valence electrons. The van der Waals surface area contributed by atoms with Crippen molar-refractivity contribution in [1.82, 2.24) is 0 Å². The lowest BCUT2D eigenvalue weighted by Gasteiger charge is -2.31. The molecule has 0 fully saturated rings. The van der Waals surface area contributed by atoms with Crippen LogP contribution in [-0.2, 0) is 12.8 Å². The summed E-state index contributed by atoms with van der Waals surface area (Å²) in [7, 11) is 0. The van der Waals surface area contributed by atoms with Crippen molar-refractivity contribution < 1.29 is 39.8 Å². The Labute approximate surface area is 244 Å². The van der Waals surface area contributed by atoms with E-state index in [1.54, 1.807) is 36.4 Å². The minimum absolute atomic E-state index is 0.00165. The quantitative estimate of drug-likeness (QED) is 0.138. The highest BCUT2D eigenvalue weighted by atomic mass is 16.7. The minimum atomic E-state index is -0.585. The first-order valence-electron chi connectivity index (χ1n) is 13.9. The second kappa shape index (κ2) is 11.9. The predicted octanol–water partition coefficient (Wildman–Crippen LogP) is 6.41. The molecule has 4 aromatic carbocycles. The first-order valence-corrected chi connectivity index (χ1v) is 13.9. The normalized spacial score (nSPS) is 14.3. The van der Waals surface area contributed by atoms with Crippen molar-refractivity contribution in [2.24, 2.45) is 11.8 Å². The van der Waals surface area contributed by atoms with E-state index < -0.39 is 23.2 Å². The maximum Gasteiger partial charge on any atom is 0.231 e. The van der Waals surface area contributed by atoms with Crippen LogP contribution in [0.5, 0.6) is 40.2 Å². The molecule has 0 aromatic heterocycles. The smallest absolute Gasteiger partial charge is 0.231 e. The van der Waals surface area contributed by atoms with E-state index in [0.29, 0.717) is 29.9 Å². The highest BCUT2D eigenvalue weighted by molar-refractivity contribution is 6.02. The summed E-state index contributed by atoms with van der Waals surface area (Å²) in [4.78, 5) is 13.4. The van der Waals surface area contributed by atoms with Gasteiger partial charge in [-0.3, -0.25) is 4.79 Å². The number of aromatic hydroxyl groups is 5. The molecule has 0 amide bonds. The lowest BCUT2D eigenvalue weighted by molar-refractivity contribution is 0.0977. The number of phenols is 5. The molecular formula is C34H34O8. The molecule has 0 spiro atoms. The third kappa shape index (κ3) is 5.93. The van der Waals surface area contributed by atoms with Gasteiger partial charge in [0.1, 0.15) is 34.3 Å². The Morgan fingerprint density at radius 2 is 1.38 bits per heavy atom. The van der Waals surface area contributed by atoms with Gasteiger partial charge >= 0.3 is 0 Å². The van der Waals surface area contributed by atoms with Gasteiger partial charge in [0.25, 0.3) is 0 Å². The Morgan fingerprint density at radius 1 is 0.762 bits per heavy atom. The van der Waals surface area contributed by atoms with Crippen molar-refractivity contribution in [2.45, 2.75) is 39.0 Å². The highest BCUT2D eigenvalue weighted by Crippen LogP contribution is 2.49. The average molecular weight is 571 g/mol. The molecule has 1 aliphatic rings. The summed E-state index contributed by atoms with van der Waals surface area (Å²) in [6.07, 6.45) is 0.991. The maximum atomic E-state index is 13.4. The van der Waals surface area contributed by atoms with Crippen molar-refractivity contribution in [1.29, 1.82) is 0 Å². The fourth-order valence-corrected chi connectivity index (χ4v) is 5.65. The third-order valence-corrected chi connectivity index (χ3v) is 8.13. The van der Waals surface area contributed by atoms with Gasteiger partial charge in [-0.05, 0) is 77.8 Å². The van der Waals surface area contributed by atoms with Gasteiger partial charge in [0.2, 0.25) is 6.79 Å². The van der Waals surface area contributed by atoms with Crippen molar-refractivity contribution in [3.05, 3.63) is 101 Å². The van der Waals surface area contributed by atoms with E-state index in [0.717, 1.165) is 17.2 Å². The van der Waals surface area contributed by atoms with Gasteiger partial charge in [-0.2, -0.15) is 0 Å². The number of phenolic OH excluding ortho intramolecular Hbond substituents is 5. The summed E-state index contributed by atoms with van der Waals surface area (Å²) in [5.74, 6) is -1.04. The van der Waals surface area contributed by atoms with Gasteiger partial charge in [0.05, 0.1) is 0 Å². The number of ether oxygens (including phenoxy) is 2. The van der Waals surface area contributed by atoms with Crippen LogP contribution in [0.3, 0.4) is 0 Å². The summed E-state index contributed by atoms with van der Waals surface area (Å²) < 4.78 is 10.8. The molecule has 0 saturated carbocycles. The number of fused-ring (bicyclic) bond motifs is 1. The zero-order chi connectivity index (χ0) is 30.0. The van der Waals surface area contributed by atoms with Crippen LogP contribution in [0.2, 0.25) is 0 Å². The lowest BCUT2D eigenvalue weighted by atomic mass is 9.73. The Bertz CT molecular complexity index is 1580. The SMILES string of the molecule is C[C@H]([C@H](c1ccc(O)cc1)c1c(O)cc(O)c(C(=O)CCc2ccc3c(c2)OCO3)c1O)[C@H](C)Cc1ccc(O)cc1. The van der Waals surface area contributed by atoms with Crippen molar-refractivity contribution >= 4 is 5.78 Å². The third-order valence-electron chi connectivity index (χ3n) is 8.13. The molecule has 1 aliphatic heterocycles. The van der Waals surface area contributed by atoms with Gasteiger partial charge in [-0.15, -0.1) is 0 Å². The molecule has 3 atom stereocenters. The highest BCUT2D eigenvalue weighted by Gasteiger charge is 2.34. The van der Waals surface area contributed by atoms with E-state index in [4.69, 9.17) is 9.47 Å². The molecule has 0 radical (unpaired) electrons. The molecule has 8 nitrogen and oxygen atoms in total. The first kappa shape index (κ1) is 28.7. The van der Waals surface area contributed by atoms with Gasteiger partial charge < -0.3 is 35.0 Å². The number of carbonyl (C=O) groups is 1. The number of hydrogen-bond acceptors (Lipinski definition) is 8. The average Bonchev–Trinajstić information content (AvgIpc) is 3.43. The molecular weight excluding hydrogens is 536 g/mol. The standard InChI is InChI=1S/C34H34O8/c1-19(15-21-3-9-24(35)10-4-21)20(2)31(23-7-11-25(36)12-8-23)33-28(39)17-27(38)32(34(33)40)26(37)13-5-22-6-14-29-30(16-22)42-18-41-29/h3-4,6-12,14,16-17,19-20,31,35-36,38-40H,5,13,15,18H2,1-2H3/t19-,20+,31-/m1/s1. The first-order chi connectivity index (χ1) is 20.1. The summed E-state index contributed by atoms with van der Waals surface area (Å²) in [6.45, 7) is 4.19. The molecule has 5 rings (SSSR count). The van der Waals surface area contributed by atoms with Crippen LogP contribution in [-0.4, -0.2) is 38.1 Å². The van der Waals surface area contributed by atoms with Gasteiger partial charge in [0, 0.05) is 24.0 Å². The molecule has 0 bridgehead atoms. The van der Waals surface area contributed by atoms with Crippen LogP contribution in [0.25, 0.3) is 0 Å². The molecule has 0 saturated heterocycles. The monoisotopic (exact) mass is 570 g/mol. The van der Waals surface area contributed by atoms with E-state index in [1.165, 1.54) is 12.1 Å². The van der Waals surface area contributed by atoms with E-state index in [1.807, 2.05) is 25.1 Å². The van der Waals surface area contributed by atoms with Crippen LogP contribution < -0.4 is 9.47 Å². The fourth-order valence-electron chi connectivity index (χ4n) is 5.65. The Balaban J connectivity index is 1.48. The van der Waals surface area contributed by atoms with Gasteiger partial charge in [-0.25, -0.2) is 0 Å². The zero-order valence-electron chi connectivity index (χ0n) is 23.4. The predicted molar refractivity (Wildman–Crippen MR) is 157 cm³/mol. The van der Waals surface area contributed by atoms with Gasteiger partial charge in [-0.1, -0.05) is 44.2 Å². The fraction of sp³-hybridized carbons (Fsp3) is 0.265. The Hall–Kier alpha value is -4.85. The van der Waals surface area contributed by atoms with Crippen LogP contribution in [0.1, 0.15) is 58.8 Å². The minimum Gasteiger partial charge on any atom is -0.508 e. The molecule has 0 aliphatic carbocycles. The number of ketones is 1. The van der Waals surface area contributed by atoms with Crippen molar-refractivity contribution in [3.63, 3.8) is 0 Å². The van der Waals surface area contributed by atoms with Crippen molar-refractivity contribution in [2.75, 3.05) is 6.79 Å². The second-order valence-electron chi connectivity index (χ2n) is 10.9. The largest absolute Gasteiger partial charge is 0.508 e. The summed E-state index contributed by atoms with van der Waals surface area (Å²) in [6, 6.07) is 20.0. The second-order valence-corrected chi connectivity index (χ2v) is 10.9. The van der Waals surface area contributed by atoms with Crippen LogP contribution >= 0.6 is 0 Å². The van der Waals surface area contributed by atoms with E-state index >= 15 is 0 Å². The number of hydrogen-bond donors (Lipinski definition) is 5. The molecule has 42 heavy (non-hydrogen) atoms. The molecule has 1 heterocycles. The topological polar surface area (TPSA) is 137 Å². The van der Waals surface area contributed by atoms with E-state index in [9.17, 15) is 30.3 Å². The lowest BCUT2D eigenvalue weighted by Crippen LogP contribution is -2.21. The van der Waals surface area contributed by atoms with E-state index in [-0.39, 0.29) is 53.4 Å². The zero-order valence-corrected chi connectivity index (χ0v) is 23.4. The van der Waals surface area contributed by atoms with Crippen LogP contribution in [0.15, 0.2) is 72.8 Å².